The second-order valence-corrected chi connectivity index (χ2v) is 8.58. The molecule has 0 aliphatic carbocycles. The molecule has 1 amide bonds. The van der Waals surface area contributed by atoms with Crippen molar-refractivity contribution in [2.24, 2.45) is 0 Å². The van der Waals surface area contributed by atoms with Gasteiger partial charge in [0, 0.05) is 43.6 Å². The monoisotopic (exact) mass is 443 g/mol. The van der Waals surface area contributed by atoms with E-state index in [0.717, 1.165) is 54.9 Å². The zero-order chi connectivity index (χ0) is 22.8. The Bertz CT molecular complexity index is 1290. The van der Waals surface area contributed by atoms with Crippen LogP contribution in [0.1, 0.15) is 41.9 Å². The van der Waals surface area contributed by atoms with E-state index in [4.69, 9.17) is 5.73 Å². The van der Waals surface area contributed by atoms with Gasteiger partial charge in [-0.25, -0.2) is 9.97 Å². The summed E-state index contributed by atoms with van der Waals surface area (Å²) in [7, 11) is 0. The van der Waals surface area contributed by atoms with Crippen molar-refractivity contribution in [3.63, 3.8) is 0 Å². The van der Waals surface area contributed by atoms with E-state index in [1.807, 2.05) is 43.3 Å². The Hall–Kier alpha value is -3.68. The van der Waals surface area contributed by atoms with Gasteiger partial charge in [-0.2, -0.15) is 0 Å². The molecule has 1 fully saturated rings. The smallest absolute Gasteiger partial charge is 0.251 e. The van der Waals surface area contributed by atoms with Crippen LogP contribution >= 0.6 is 0 Å². The molecule has 0 saturated carbocycles. The van der Waals surface area contributed by atoms with Gasteiger partial charge in [0.15, 0.2) is 5.82 Å². The summed E-state index contributed by atoms with van der Waals surface area (Å²) in [5.41, 5.74) is 11.3. The lowest BCUT2D eigenvalue weighted by molar-refractivity contribution is 0.0953. The summed E-state index contributed by atoms with van der Waals surface area (Å²) in [6, 6.07) is 11.7. The number of imidazole rings is 1. The molecule has 4 aromatic rings. The topological polar surface area (TPSA) is 102 Å². The van der Waals surface area contributed by atoms with Crippen molar-refractivity contribution in [1.82, 2.24) is 24.8 Å². The van der Waals surface area contributed by atoms with Crippen LogP contribution in [0.15, 0.2) is 42.6 Å². The van der Waals surface area contributed by atoms with Crippen molar-refractivity contribution >= 4 is 39.5 Å². The number of unbranched alkanes of at least 4 members (excludes halogenated alkanes) is 1. The van der Waals surface area contributed by atoms with Crippen LogP contribution in [-0.2, 0) is 6.54 Å². The fraction of sp³-hybridized carbons (Fsp3) is 0.360. The molecule has 5 rings (SSSR count). The second kappa shape index (κ2) is 9.05. The molecule has 0 bridgehead atoms. The first-order valence-corrected chi connectivity index (χ1v) is 11.6. The maximum Gasteiger partial charge on any atom is 0.251 e. The molecule has 8 nitrogen and oxygen atoms in total. The molecular formula is C25H29N7O. The molecule has 0 spiro atoms. The maximum absolute atomic E-state index is 12.5. The first kappa shape index (κ1) is 21.2. The summed E-state index contributed by atoms with van der Waals surface area (Å²) in [6.45, 7) is 5.58. The molecule has 170 valence electrons. The number of benzene rings is 1. The molecule has 0 atom stereocenters. The highest BCUT2D eigenvalue weighted by Gasteiger charge is 2.16. The van der Waals surface area contributed by atoms with Crippen molar-refractivity contribution in [2.45, 2.75) is 39.2 Å². The summed E-state index contributed by atoms with van der Waals surface area (Å²) < 4.78 is 2.15. The Kier molecular flexibility index (Phi) is 5.81. The third-order valence-corrected chi connectivity index (χ3v) is 6.35. The normalized spacial score (nSPS) is 13.8. The minimum absolute atomic E-state index is 0.0266. The highest BCUT2D eigenvalue weighted by molar-refractivity contribution is 6.04. The number of nitrogens with zero attached hydrogens (tertiary/aromatic N) is 5. The van der Waals surface area contributed by atoms with E-state index in [2.05, 4.69) is 29.7 Å². The number of amides is 1. The Morgan fingerprint density at radius 1 is 1.06 bits per heavy atom. The number of rotatable bonds is 7. The van der Waals surface area contributed by atoms with Gasteiger partial charge in [-0.3, -0.25) is 9.78 Å². The second-order valence-electron chi connectivity index (χ2n) is 8.58. The van der Waals surface area contributed by atoms with Gasteiger partial charge >= 0.3 is 0 Å². The lowest BCUT2D eigenvalue weighted by atomic mass is 10.2. The average molecular weight is 444 g/mol. The quantitative estimate of drug-likeness (QED) is 0.423. The third-order valence-electron chi connectivity index (χ3n) is 6.35. The van der Waals surface area contributed by atoms with Gasteiger partial charge in [0.2, 0.25) is 0 Å². The first-order chi connectivity index (χ1) is 16.1. The van der Waals surface area contributed by atoms with Gasteiger partial charge in [0.05, 0.1) is 5.52 Å². The zero-order valence-corrected chi connectivity index (χ0v) is 18.9. The number of pyridine rings is 2. The van der Waals surface area contributed by atoms with Crippen LogP contribution in [0.2, 0.25) is 0 Å². The third kappa shape index (κ3) is 4.20. The fourth-order valence-corrected chi connectivity index (χ4v) is 4.61. The van der Waals surface area contributed by atoms with Crippen LogP contribution in [0, 0.1) is 6.92 Å². The zero-order valence-electron chi connectivity index (χ0n) is 18.9. The summed E-state index contributed by atoms with van der Waals surface area (Å²) in [5.74, 6) is 1.29. The van der Waals surface area contributed by atoms with Gasteiger partial charge in [-0.15, -0.1) is 0 Å². The minimum atomic E-state index is -0.0266. The van der Waals surface area contributed by atoms with Crippen LogP contribution in [0.4, 0.5) is 11.5 Å². The summed E-state index contributed by atoms with van der Waals surface area (Å²) >= 11 is 0. The number of hydrogen-bond acceptors (Lipinski definition) is 6. The van der Waals surface area contributed by atoms with Crippen molar-refractivity contribution in [2.75, 3.05) is 30.3 Å². The van der Waals surface area contributed by atoms with Crippen LogP contribution in [0.5, 0.6) is 0 Å². The largest absolute Gasteiger partial charge is 0.382 e. The van der Waals surface area contributed by atoms with Crippen molar-refractivity contribution < 1.29 is 4.79 Å². The number of hydrogen-bond donors (Lipinski definition) is 2. The lowest BCUT2D eigenvalue weighted by Gasteiger charge is -2.17. The Labute approximate surface area is 192 Å². The lowest BCUT2D eigenvalue weighted by Crippen LogP contribution is -2.25. The van der Waals surface area contributed by atoms with Gasteiger partial charge in [0.1, 0.15) is 22.4 Å². The molecule has 4 heterocycles. The number of anilines is 2. The molecule has 8 heteroatoms. The first-order valence-electron chi connectivity index (χ1n) is 11.6. The van der Waals surface area contributed by atoms with Crippen molar-refractivity contribution in [3.8, 4) is 0 Å². The summed E-state index contributed by atoms with van der Waals surface area (Å²) in [4.78, 5) is 28.5. The highest BCUT2D eigenvalue weighted by Crippen LogP contribution is 2.27. The number of nitrogen functional groups attached to an aromatic ring is 1. The number of aromatic nitrogens is 4. The SMILES string of the molecule is Cc1nc2c(N)nc3cccnc3c2n1CCCCNC(=O)c1ccc(N2CCCC2)cc1. The van der Waals surface area contributed by atoms with Crippen LogP contribution in [0.25, 0.3) is 22.1 Å². The summed E-state index contributed by atoms with van der Waals surface area (Å²) in [6.07, 6.45) is 6.01. The molecule has 3 N–H and O–H groups in total. The van der Waals surface area contributed by atoms with Gasteiger partial charge in [0.25, 0.3) is 5.91 Å². The van der Waals surface area contributed by atoms with Gasteiger partial charge in [-0.1, -0.05) is 0 Å². The van der Waals surface area contributed by atoms with E-state index < -0.39 is 0 Å². The standard InChI is InChI=1S/C25H29N7O/c1-17-29-22-23(21-20(30-24(22)26)7-6-13-27-21)32(17)16-3-2-12-28-25(33)18-8-10-19(11-9-18)31-14-4-5-15-31/h6-11,13H,2-5,12,14-16H2,1H3,(H2,26,30)(H,28,33). The van der Waals surface area contributed by atoms with Crippen LogP contribution < -0.4 is 16.0 Å². The van der Waals surface area contributed by atoms with E-state index in [-0.39, 0.29) is 5.91 Å². The molecule has 1 aliphatic heterocycles. The van der Waals surface area contributed by atoms with E-state index >= 15 is 0 Å². The highest BCUT2D eigenvalue weighted by atomic mass is 16.1. The Morgan fingerprint density at radius 2 is 1.85 bits per heavy atom. The molecule has 0 unspecified atom stereocenters. The number of nitrogens with two attached hydrogens (primary N) is 1. The minimum Gasteiger partial charge on any atom is -0.382 e. The van der Waals surface area contributed by atoms with Crippen molar-refractivity contribution in [3.05, 3.63) is 54.0 Å². The van der Waals surface area contributed by atoms with E-state index in [1.165, 1.54) is 18.5 Å². The van der Waals surface area contributed by atoms with Crippen LogP contribution in [-0.4, -0.2) is 45.1 Å². The molecule has 33 heavy (non-hydrogen) atoms. The molecule has 0 radical (unpaired) electrons. The van der Waals surface area contributed by atoms with Crippen LogP contribution in [0.3, 0.4) is 0 Å². The molecule has 1 aromatic carbocycles. The Balaban J connectivity index is 1.19. The average Bonchev–Trinajstić information content (AvgIpc) is 3.48. The predicted octanol–water partition coefficient (Wildman–Crippen LogP) is 3.68. The molecule has 3 aromatic heterocycles. The fourth-order valence-electron chi connectivity index (χ4n) is 4.61. The predicted molar refractivity (Wildman–Crippen MR) is 131 cm³/mol. The van der Waals surface area contributed by atoms with Crippen molar-refractivity contribution in [1.29, 1.82) is 0 Å². The number of carbonyl (C=O) groups is 1. The molecule has 1 saturated heterocycles. The molecular weight excluding hydrogens is 414 g/mol. The number of carbonyl (C=O) groups excluding carboxylic acids is 1. The number of aryl methyl sites for hydroxylation is 2. The van der Waals surface area contributed by atoms with E-state index in [9.17, 15) is 4.79 Å². The Morgan fingerprint density at radius 3 is 2.64 bits per heavy atom. The van der Waals surface area contributed by atoms with Gasteiger partial charge < -0.3 is 20.5 Å². The van der Waals surface area contributed by atoms with E-state index in [1.54, 1.807) is 6.20 Å². The maximum atomic E-state index is 12.5. The number of fused-ring (bicyclic) bond motifs is 3. The van der Waals surface area contributed by atoms with E-state index in [0.29, 0.717) is 23.4 Å². The summed E-state index contributed by atoms with van der Waals surface area (Å²) in [5, 5.41) is 3.04. The van der Waals surface area contributed by atoms with Gasteiger partial charge in [-0.05, 0) is 69.0 Å². The molecule has 1 aliphatic rings. The number of nitrogens with one attached hydrogen (secondary N) is 1.